The molecular weight excluding hydrogens is 434 g/mol. The third-order valence-corrected chi connectivity index (χ3v) is 6.15. The first kappa shape index (κ1) is 22.1. The molecule has 1 aliphatic rings. The van der Waals surface area contributed by atoms with Crippen molar-refractivity contribution in [3.63, 3.8) is 0 Å². The van der Waals surface area contributed by atoms with Gasteiger partial charge in [-0.05, 0) is 48.5 Å². The Kier molecular flexibility index (Phi) is 6.37. The Bertz CT molecular complexity index is 1240. The molecule has 6 nitrogen and oxygen atoms in total. The lowest BCUT2D eigenvalue weighted by Crippen LogP contribution is -2.52. The van der Waals surface area contributed by atoms with Crippen molar-refractivity contribution in [1.82, 2.24) is 0 Å². The van der Waals surface area contributed by atoms with Gasteiger partial charge in [0.05, 0.1) is 0 Å². The average molecular weight is 460 g/mol. The summed E-state index contributed by atoms with van der Waals surface area (Å²) in [5.41, 5.74) is 13.7. The van der Waals surface area contributed by atoms with Crippen LogP contribution in [0, 0.1) is 0 Å². The molecule has 0 atom stereocenters. The van der Waals surface area contributed by atoms with Crippen molar-refractivity contribution in [3.05, 3.63) is 127 Å². The number of nitrogens with zero attached hydrogens (tertiary/aromatic N) is 5. The fourth-order valence-electron chi connectivity index (χ4n) is 4.56. The molecule has 1 amide bonds. The van der Waals surface area contributed by atoms with Crippen LogP contribution in [0.2, 0.25) is 0 Å². The van der Waals surface area contributed by atoms with E-state index in [9.17, 15) is 10.3 Å². The molecule has 0 saturated carbocycles. The fraction of sp³-hybridized carbons (Fsp3) is 0.103. The van der Waals surface area contributed by atoms with Crippen LogP contribution >= 0.6 is 0 Å². The first-order valence-electron chi connectivity index (χ1n) is 11.6. The Morgan fingerprint density at radius 1 is 0.657 bits per heavy atom. The molecule has 5 rings (SSSR count). The van der Waals surface area contributed by atoms with E-state index in [1.807, 2.05) is 121 Å². The predicted molar refractivity (Wildman–Crippen MR) is 140 cm³/mol. The van der Waals surface area contributed by atoms with E-state index in [4.69, 9.17) is 0 Å². The van der Waals surface area contributed by atoms with Gasteiger partial charge in [-0.25, -0.2) is 0 Å². The maximum atomic E-state index is 14.2. The van der Waals surface area contributed by atoms with Gasteiger partial charge in [0.25, 0.3) is 0 Å². The number of anilines is 4. The number of rotatable bonds is 6. The molecule has 1 fully saturated rings. The molecule has 0 radical (unpaired) electrons. The van der Waals surface area contributed by atoms with E-state index < -0.39 is 12.1 Å². The highest BCUT2D eigenvalue weighted by Gasteiger charge is 2.46. The lowest BCUT2D eigenvalue weighted by Gasteiger charge is -2.31. The number of hydrogen-bond donors (Lipinski definition) is 0. The quantitative estimate of drug-likeness (QED) is 0.221. The third kappa shape index (κ3) is 4.43. The minimum absolute atomic E-state index is 0.0444. The van der Waals surface area contributed by atoms with E-state index in [1.165, 1.54) is 0 Å². The van der Waals surface area contributed by atoms with Crippen molar-refractivity contribution >= 4 is 34.4 Å². The Balaban J connectivity index is 1.61. The van der Waals surface area contributed by atoms with E-state index >= 15 is 0 Å². The van der Waals surface area contributed by atoms with Gasteiger partial charge >= 0.3 is 11.6 Å². The molecule has 4 aromatic carbocycles. The van der Waals surface area contributed by atoms with Gasteiger partial charge in [0.1, 0.15) is 0 Å². The maximum absolute atomic E-state index is 14.2. The van der Waals surface area contributed by atoms with Crippen LogP contribution in [-0.2, 0) is 4.79 Å². The van der Waals surface area contributed by atoms with Crippen LogP contribution in [0.5, 0.6) is 0 Å². The number of hydrogen-bond acceptors (Lipinski definition) is 3. The van der Waals surface area contributed by atoms with Crippen molar-refractivity contribution < 1.29 is 9.58 Å². The van der Waals surface area contributed by atoms with Crippen LogP contribution in [0.25, 0.3) is 5.53 Å². The largest absolute Gasteiger partial charge is 0.399 e. The van der Waals surface area contributed by atoms with Crippen molar-refractivity contribution in [2.24, 2.45) is 0 Å². The molecule has 0 N–H and O–H groups in total. The minimum atomic E-state index is -0.591. The second kappa shape index (κ2) is 10.1. The van der Waals surface area contributed by atoms with E-state index in [0.29, 0.717) is 24.5 Å². The Morgan fingerprint density at radius 2 is 1.03 bits per heavy atom. The highest BCUT2D eigenvalue weighted by atomic mass is 16.2. The highest BCUT2D eigenvalue weighted by molar-refractivity contribution is 6.45. The molecule has 0 unspecified atom stereocenters. The first-order valence-corrected chi connectivity index (χ1v) is 11.6. The zero-order valence-corrected chi connectivity index (χ0v) is 19.2. The van der Waals surface area contributed by atoms with E-state index in [1.54, 1.807) is 4.90 Å². The summed E-state index contributed by atoms with van der Waals surface area (Å²) in [5.74, 6) is -0.390. The van der Waals surface area contributed by atoms with Gasteiger partial charge in [0, 0.05) is 35.8 Å². The van der Waals surface area contributed by atoms with Gasteiger partial charge in [-0.15, -0.1) is 0 Å². The molecule has 1 saturated heterocycles. The van der Waals surface area contributed by atoms with Gasteiger partial charge in [0.2, 0.25) is 6.17 Å². The number of para-hydroxylation sites is 4. The third-order valence-electron chi connectivity index (χ3n) is 6.15. The normalized spacial score (nSPS) is 13.4. The molecular formula is C29H25N5O. The van der Waals surface area contributed by atoms with Crippen LogP contribution in [0.4, 0.5) is 22.7 Å². The molecule has 1 aliphatic heterocycles. The summed E-state index contributed by atoms with van der Waals surface area (Å²) in [7, 11) is 0. The molecule has 0 spiro atoms. The molecule has 0 bridgehead atoms. The average Bonchev–Trinajstić information content (AvgIpc) is 3.36. The summed E-state index contributed by atoms with van der Waals surface area (Å²) >= 11 is 0. The fourth-order valence-corrected chi connectivity index (χ4v) is 4.56. The summed E-state index contributed by atoms with van der Waals surface area (Å²) in [6.45, 7) is 1.35. The summed E-state index contributed by atoms with van der Waals surface area (Å²) in [4.78, 5) is 23.6. The van der Waals surface area contributed by atoms with Gasteiger partial charge in [0.15, 0.2) is 0 Å². The summed E-state index contributed by atoms with van der Waals surface area (Å²) in [6.07, 6.45) is -0.591. The van der Waals surface area contributed by atoms with Crippen LogP contribution in [0.15, 0.2) is 121 Å². The van der Waals surface area contributed by atoms with Crippen LogP contribution in [0.3, 0.4) is 0 Å². The second-order valence-electron chi connectivity index (χ2n) is 8.23. The first-order chi connectivity index (χ1) is 17.3. The van der Waals surface area contributed by atoms with Gasteiger partial charge in [-0.2, -0.15) is 4.79 Å². The topological polar surface area (TPSA) is 63.2 Å². The molecule has 35 heavy (non-hydrogen) atoms. The van der Waals surface area contributed by atoms with Crippen LogP contribution in [-0.4, -0.2) is 35.7 Å². The predicted octanol–water partition coefficient (Wildman–Crippen LogP) is 5.38. The second-order valence-corrected chi connectivity index (χ2v) is 8.23. The van der Waals surface area contributed by atoms with Crippen molar-refractivity contribution in [2.45, 2.75) is 6.17 Å². The van der Waals surface area contributed by atoms with Crippen molar-refractivity contribution in [2.75, 3.05) is 27.8 Å². The number of carbonyl (C=O) groups excluding carboxylic acids is 1. The van der Waals surface area contributed by atoms with Crippen LogP contribution < -0.4 is 14.7 Å². The zero-order chi connectivity index (χ0) is 24.0. The van der Waals surface area contributed by atoms with Crippen LogP contribution in [0.1, 0.15) is 0 Å². The SMILES string of the molecule is [N-]=[N+]=C(C(=O)N(c1ccccc1)c1ccccc1)C1N(c2ccccc2)CCN1c1ccccc1. The molecule has 172 valence electrons. The number of benzene rings is 4. The summed E-state index contributed by atoms with van der Waals surface area (Å²) in [5, 5.41) is 0. The van der Waals surface area contributed by atoms with Crippen molar-refractivity contribution in [1.29, 1.82) is 0 Å². The van der Waals surface area contributed by atoms with Gasteiger partial charge in [-0.3, -0.25) is 9.69 Å². The number of amides is 1. The molecule has 6 heteroatoms. The minimum Gasteiger partial charge on any atom is -0.361 e. The van der Waals surface area contributed by atoms with E-state index in [2.05, 4.69) is 14.6 Å². The standard InChI is InChI=1S/C29H25N5O/c30-31-27(29(35)34(25-17-9-3-10-18-25)26-19-11-4-12-20-26)28-32(23-13-5-1-6-14-23)21-22-33(28)24-15-7-2-8-16-24/h1-20,28H,21-22H2. The van der Waals surface area contributed by atoms with Crippen molar-refractivity contribution in [3.8, 4) is 0 Å². The van der Waals surface area contributed by atoms with E-state index in [-0.39, 0.29) is 5.71 Å². The smallest absolute Gasteiger partial charge is 0.361 e. The van der Waals surface area contributed by atoms with E-state index in [0.717, 1.165) is 11.4 Å². The molecule has 0 aromatic heterocycles. The maximum Gasteiger partial charge on any atom is 0.399 e. The zero-order valence-electron chi connectivity index (χ0n) is 19.2. The monoisotopic (exact) mass is 459 g/mol. The summed E-state index contributed by atoms with van der Waals surface area (Å²) in [6, 6.07) is 38.7. The lowest BCUT2D eigenvalue weighted by molar-refractivity contribution is -0.116. The molecule has 1 heterocycles. The summed E-state index contributed by atoms with van der Waals surface area (Å²) < 4.78 is 0. The van der Waals surface area contributed by atoms with Gasteiger partial charge in [-0.1, -0.05) is 72.8 Å². The highest BCUT2D eigenvalue weighted by Crippen LogP contribution is 2.31. The van der Waals surface area contributed by atoms with Gasteiger partial charge < -0.3 is 15.3 Å². The molecule has 4 aromatic rings. The Morgan fingerprint density at radius 3 is 1.40 bits per heavy atom. The molecule has 0 aliphatic carbocycles. The Hall–Kier alpha value is -4.67. The Labute approximate surface area is 204 Å². The number of carbonyl (C=O) groups is 1. The lowest BCUT2D eigenvalue weighted by atomic mass is 10.1.